The zero-order valence-corrected chi connectivity index (χ0v) is 20.5. The average molecular weight is 525 g/mol. The number of benzene rings is 1. The van der Waals surface area contributed by atoms with Crippen molar-refractivity contribution in [2.45, 2.75) is 44.3 Å². The third-order valence-electron chi connectivity index (χ3n) is 6.04. The molecule has 0 radical (unpaired) electrons. The number of hydrogen-bond donors (Lipinski definition) is 4. The van der Waals surface area contributed by atoms with Gasteiger partial charge in [0, 0.05) is 23.2 Å². The van der Waals surface area contributed by atoms with Crippen LogP contribution in [0.1, 0.15) is 36.2 Å². The molecule has 3 aromatic rings. The third-order valence-corrected chi connectivity index (χ3v) is 6.25. The fraction of sp³-hybridized carbons (Fsp3) is 0.333. The molecule has 13 heteroatoms. The molecule has 12 nitrogen and oxygen atoms in total. The Balaban J connectivity index is 1.31. The summed E-state index contributed by atoms with van der Waals surface area (Å²) in [5.41, 5.74) is 6.48. The van der Waals surface area contributed by atoms with Gasteiger partial charge in [0.15, 0.2) is 5.69 Å². The molecule has 2 aliphatic carbocycles. The number of pyridine rings is 1. The summed E-state index contributed by atoms with van der Waals surface area (Å²) in [7, 11) is 0. The van der Waals surface area contributed by atoms with Crippen LogP contribution in [0.3, 0.4) is 0 Å². The van der Waals surface area contributed by atoms with Crippen molar-refractivity contribution in [3.63, 3.8) is 0 Å². The molecule has 1 aromatic carbocycles. The van der Waals surface area contributed by atoms with Crippen LogP contribution in [0.2, 0.25) is 5.15 Å². The standard InChI is InChI=1S/C24H25ClN8O4/c25-18-2-1-3-19(29-18)30-20(34)11-32(15-7-8-15)21(35)12-33-17-9-6-14(28-24(37)27-13-4-5-13)10-16(17)22(31-33)23(26)36/h1-3,6,9-10,13,15H,4-5,7-8,11-12H2,(H2,26,36)(H2,27,28,37)(H,29,30,34). The second-order valence-electron chi connectivity index (χ2n) is 9.12. The Hall–Kier alpha value is -4.19. The van der Waals surface area contributed by atoms with Crippen molar-refractivity contribution in [1.29, 1.82) is 0 Å². The van der Waals surface area contributed by atoms with Gasteiger partial charge in [-0.25, -0.2) is 9.78 Å². The van der Waals surface area contributed by atoms with Crippen LogP contribution < -0.4 is 21.7 Å². The molecule has 5 amide bonds. The molecule has 0 saturated heterocycles. The maximum Gasteiger partial charge on any atom is 0.319 e. The van der Waals surface area contributed by atoms with E-state index in [2.05, 4.69) is 26.0 Å². The Kier molecular flexibility index (Phi) is 6.66. The highest BCUT2D eigenvalue weighted by Crippen LogP contribution is 2.28. The van der Waals surface area contributed by atoms with E-state index in [1.54, 1.807) is 36.4 Å². The number of halogens is 1. The number of rotatable bonds is 9. The van der Waals surface area contributed by atoms with E-state index in [4.69, 9.17) is 17.3 Å². The van der Waals surface area contributed by atoms with Crippen LogP contribution in [0.25, 0.3) is 10.9 Å². The van der Waals surface area contributed by atoms with E-state index in [0.717, 1.165) is 25.7 Å². The van der Waals surface area contributed by atoms with E-state index < -0.39 is 11.8 Å². The molecule has 192 valence electrons. The number of aromatic nitrogens is 3. The first-order chi connectivity index (χ1) is 17.8. The van der Waals surface area contributed by atoms with Gasteiger partial charge in [0.1, 0.15) is 24.1 Å². The molecule has 2 heterocycles. The molecule has 0 atom stereocenters. The number of carbonyl (C=O) groups is 4. The van der Waals surface area contributed by atoms with Gasteiger partial charge >= 0.3 is 6.03 Å². The third kappa shape index (κ3) is 5.97. The Morgan fingerprint density at radius 3 is 2.54 bits per heavy atom. The van der Waals surface area contributed by atoms with Crippen molar-refractivity contribution >= 4 is 57.8 Å². The fourth-order valence-electron chi connectivity index (χ4n) is 3.98. The minimum Gasteiger partial charge on any atom is -0.364 e. The molecule has 0 aliphatic heterocycles. The predicted molar refractivity (Wildman–Crippen MR) is 136 cm³/mol. The maximum absolute atomic E-state index is 13.2. The highest BCUT2D eigenvalue weighted by molar-refractivity contribution is 6.29. The van der Waals surface area contributed by atoms with E-state index in [0.29, 0.717) is 22.4 Å². The molecular weight excluding hydrogens is 500 g/mol. The highest BCUT2D eigenvalue weighted by Gasteiger charge is 2.34. The van der Waals surface area contributed by atoms with Crippen LogP contribution in [0.5, 0.6) is 0 Å². The van der Waals surface area contributed by atoms with Crippen molar-refractivity contribution in [2.24, 2.45) is 5.73 Å². The summed E-state index contributed by atoms with van der Waals surface area (Å²) in [6, 6.07) is 9.58. The van der Waals surface area contributed by atoms with E-state index >= 15 is 0 Å². The van der Waals surface area contributed by atoms with Gasteiger partial charge in [-0.15, -0.1) is 0 Å². The SMILES string of the molecule is NC(=O)c1nn(CC(=O)N(CC(=O)Nc2cccc(Cl)n2)C2CC2)c2ccc(NC(=O)NC3CC3)cc12. The van der Waals surface area contributed by atoms with Gasteiger partial charge < -0.3 is 26.6 Å². The van der Waals surface area contributed by atoms with Crippen molar-refractivity contribution in [1.82, 2.24) is 25.0 Å². The Morgan fingerprint density at radius 2 is 1.86 bits per heavy atom. The molecular formula is C24H25ClN8O4. The van der Waals surface area contributed by atoms with E-state index in [1.807, 2.05) is 0 Å². The highest BCUT2D eigenvalue weighted by atomic mass is 35.5. The maximum atomic E-state index is 13.2. The summed E-state index contributed by atoms with van der Waals surface area (Å²) in [6.07, 6.45) is 3.49. The van der Waals surface area contributed by atoms with Crippen molar-refractivity contribution < 1.29 is 19.2 Å². The number of nitrogens with one attached hydrogen (secondary N) is 3. The number of fused-ring (bicyclic) bond motifs is 1. The quantitative estimate of drug-likeness (QED) is 0.313. The molecule has 2 saturated carbocycles. The summed E-state index contributed by atoms with van der Waals surface area (Å²) >= 11 is 5.87. The Labute approximate surface area is 216 Å². The largest absolute Gasteiger partial charge is 0.364 e. The minimum absolute atomic E-state index is 0.0169. The van der Waals surface area contributed by atoms with Crippen LogP contribution in [-0.2, 0) is 16.1 Å². The normalized spacial score (nSPS) is 14.7. The lowest BCUT2D eigenvalue weighted by Crippen LogP contribution is -2.41. The number of carbonyl (C=O) groups excluding carboxylic acids is 4. The molecule has 0 bridgehead atoms. The fourth-order valence-corrected chi connectivity index (χ4v) is 4.14. The first-order valence-electron chi connectivity index (χ1n) is 11.9. The molecule has 5 rings (SSSR count). The van der Waals surface area contributed by atoms with Gasteiger partial charge in [-0.05, 0) is 56.0 Å². The van der Waals surface area contributed by atoms with Crippen LogP contribution in [0, 0.1) is 0 Å². The number of hydrogen-bond acceptors (Lipinski definition) is 6. The zero-order valence-electron chi connectivity index (χ0n) is 19.7. The van der Waals surface area contributed by atoms with E-state index in [1.165, 1.54) is 9.58 Å². The van der Waals surface area contributed by atoms with Gasteiger partial charge in [-0.2, -0.15) is 5.10 Å². The van der Waals surface area contributed by atoms with Crippen LogP contribution in [0.15, 0.2) is 36.4 Å². The van der Waals surface area contributed by atoms with Gasteiger partial charge in [0.2, 0.25) is 11.8 Å². The Bertz CT molecular complexity index is 1400. The number of nitrogens with two attached hydrogens (primary N) is 1. The molecule has 5 N–H and O–H groups in total. The van der Waals surface area contributed by atoms with Crippen LogP contribution in [0.4, 0.5) is 16.3 Å². The topological polar surface area (TPSA) is 164 Å². The lowest BCUT2D eigenvalue weighted by atomic mass is 10.2. The smallest absolute Gasteiger partial charge is 0.319 e. The first-order valence-corrected chi connectivity index (χ1v) is 12.2. The summed E-state index contributed by atoms with van der Waals surface area (Å²) in [4.78, 5) is 55.6. The van der Waals surface area contributed by atoms with Gasteiger partial charge in [0.25, 0.3) is 5.91 Å². The number of primary amides is 1. The van der Waals surface area contributed by atoms with Crippen molar-refractivity contribution in [3.05, 3.63) is 47.2 Å². The van der Waals surface area contributed by atoms with Crippen LogP contribution in [-0.4, -0.2) is 62.0 Å². The number of urea groups is 1. The summed E-state index contributed by atoms with van der Waals surface area (Å²) in [5, 5.41) is 13.1. The Morgan fingerprint density at radius 1 is 1.08 bits per heavy atom. The van der Waals surface area contributed by atoms with E-state index in [-0.39, 0.29) is 48.0 Å². The average Bonchev–Trinajstić information content (AvgIpc) is 3.77. The lowest BCUT2D eigenvalue weighted by Gasteiger charge is -2.22. The summed E-state index contributed by atoms with van der Waals surface area (Å²) < 4.78 is 1.39. The summed E-state index contributed by atoms with van der Waals surface area (Å²) in [5.74, 6) is -1.20. The number of nitrogens with zero attached hydrogens (tertiary/aromatic N) is 4. The number of amides is 5. The second-order valence-corrected chi connectivity index (χ2v) is 9.51. The van der Waals surface area contributed by atoms with Gasteiger partial charge in [-0.3, -0.25) is 19.1 Å². The zero-order chi connectivity index (χ0) is 26.1. The molecule has 0 unspecified atom stereocenters. The lowest BCUT2D eigenvalue weighted by molar-refractivity contribution is -0.135. The van der Waals surface area contributed by atoms with Gasteiger partial charge in [-0.1, -0.05) is 17.7 Å². The second kappa shape index (κ2) is 10.1. The molecule has 2 aromatic heterocycles. The predicted octanol–water partition coefficient (Wildman–Crippen LogP) is 2.10. The minimum atomic E-state index is -0.761. The van der Waals surface area contributed by atoms with Crippen LogP contribution >= 0.6 is 11.6 Å². The van der Waals surface area contributed by atoms with Gasteiger partial charge in [0.05, 0.1) is 5.52 Å². The monoisotopic (exact) mass is 524 g/mol. The molecule has 2 aliphatic rings. The van der Waals surface area contributed by atoms with E-state index in [9.17, 15) is 19.2 Å². The first kappa shape index (κ1) is 24.5. The number of anilines is 2. The summed E-state index contributed by atoms with van der Waals surface area (Å²) in [6.45, 7) is -0.359. The van der Waals surface area contributed by atoms with Crippen molar-refractivity contribution in [3.8, 4) is 0 Å². The molecule has 37 heavy (non-hydrogen) atoms. The molecule has 2 fully saturated rings. The van der Waals surface area contributed by atoms with Crippen molar-refractivity contribution in [2.75, 3.05) is 17.2 Å². The molecule has 0 spiro atoms.